The lowest BCUT2D eigenvalue weighted by Crippen LogP contribution is -2.31. The maximum Gasteiger partial charge on any atom is 0.308 e. The van der Waals surface area contributed by atoms with Gasteiger partial charge in [-0.3, -0.25) is 9.59 Å². The van der Waals surface area contributed by atoms with Crippen molar-refractivity contribution in [2.75, 3.05) is 13.2 Å². The van der Waals surface area contributed by atoms with Crippen LogP contribution in [0, 0.1) is 23.7 Å². The predicted molar refractivity (Wildman–Crippen MR) is 114 cm³/mol. The van der Waals surface area contributed by atoms with Crippen molar-refractivity contribution in [2.45, 2.75) is 105 Å². The van der Waals surface area contributed by atoms with Crippen molar-refractivity contribution in [1.29, 1.82) is 0 Å². The zero-order chi connectivity index (χ0) is 20.8. The van der Waals surface area contributed by atoms with E-state index in [4.69, 9.17) is 9.47 Å². The van der Waals surface area contributed by atoms with Gasteiger partial charge in [0.2, 0.25) is 0 Å². The molecule has 0 aromatic rings. The summed E-state index contributed by atoms with van der Waals surface area (Å²) in [7, 11) is 0. The predicted octanol–water partition coefficient (Wildman–Crippen LogP) is 6.31. The summed E-state index contributed by atoms with van der Waals surface area (Å²) >= 11 is 0. The van der Waals surface area contributed by atoms with Gasteiger partial charge in [0.25, 0.3) is 0 Å². The highest BCUT2D eigenvalue weighted by molar-refractivity contribution is 5.72. The molecule has 0 saturated heterocycles. The summed E-state index contributed by atoms with van der Waals surface area (Å²) in [5, 5.41) is 0. The second kappa shape index (κ2) is 14.9. The molecule has 0 amide bonds. The molecule has 4 heteroatoms. The van der Waals surface area contributed by atoms with E-state index in [-0.39, 0.29) is 23.8 Å². The van der Waals surface area contributed by atoms with Crippen LogP contribution in [-0.2, 0) is 19.1 Å². The second-order valence-electron chi connectivity index (χ2n) is 8.56. The summed E-state index contributed by atoms with van der Waals surface area (Å²) in [4.78, 5) is 24.8. The first-order chi connectivity index (χ1) is 13.6. The Bertz CT molecular complexity index is 394. The smallest absolute Gasteiger partial charge is 0.308 e. The van der Waals surface area contributed by atoms with E-state index in [0.717, 1.165) is 64.2 Å². The number of unbranched alkanes of at least 4 members (excludes halogenated alkanes) is 2. The molecule has 0 aliphatic heterocycles. The molecule has 0 N–H and O–H groups in total. The molecule has 164 valence electrons. The van der Waals surface area contributed by atoms with Crippen LogP contribution in [0.25, 0.3) is 0 Å². The molecule has 1 fully saturated rings. The number of carbonyl (C=O) groups is 2. The number of rotatable bonds is 14. The number of carbonyl (C=O) groups excluding carboxylic acids is 2. The van der Waals surface area contributed by atoms with E-state index >= 15 is 0 Å². The number of esters is 2. The Kier molecular flexibility index (Phi) is 13.3. The van der Waals surface area contributed by atoms with Crippen molar-refractivity contribution in [2.24, 2.45) is 23.7 Å². The fraction of sp³-hybridized carbons (Fsp3) is 0.917. The average molecular weight is 397 g/mol. The molecular formula is C24H44O4. The molecule has 0 spiro atoms. The minimum Gasteiger partial charge on any atom is -0.465 e. The summed E-state index contributed by atoms with van der Waals surface area (Å²) in [5.41, 5.74) is 0. The van der Waals surface area contributed by atoms with Crippen LogP contribution in [0.2, 0.25) is 0 Å². The maximum atomic E-state index is 12.4. The van der Waals surface area contributed by atoms with E-state index in [9.17, 15) is 9.59 Å². The SMILES string of the molecule is CCCCC(CC)C(=O)OCC1CCCCC1COC(=O)C(CC)CCCC. The Labute approximate surface area is 173 Å². The number of ether oxygens (including phenoxy) is 2. The highest BCUT2D eigenvalue weighted by Crippen LogP contribution is 2.31. The lowest BCUT2D eigenvalue weighted by molar-refractivity contribution is -0.155. The minimum absolute atomic E-state index is 0.0312. The quantitative estimate of drug-likeness (QED) is 0.323. The summed E-state index contributed by atoms with van der Waals surface area (Å²) in [5.74, 6) is 0.632. The standard InChI is InChI=1S/C24H44O4/c1-5-9-13-19(7-3)23(25)27-17-21-15-11-12-16-22(21)18-28-24(26)20(8-4)14-10-6-2/h19-22H,5-18H2,1-4H3. The zero-order valence-corrected chi connectivity index (χ0v) is 18.8. The van der Waals surface area contributed by atoms with Crippen LogP contribution >= 0.6 is 0 Å². The van der Waals surface area contributed by atoms with Gasteiger partial charge in [-0.2, -0.15) is 0 Å². The molecule has 0 aromatic heterocycles. The molecule has 0 heterocycles. The monoisotopic (exact) mass is 396 g/mol. The van der Waals surface area contributed by atoms with Crippen molar-refractivity contribution in [3.63, 3.8) is 0 Å². The third-order valence-electron chi connectivity index (χ3n) is 6.41. The van der Waals surface area contributed by atoms with Gasteiger partial charge in [-0.05, 0) is 50.4 Å². The van der Waals surface area contributed by atoms with Crippen molar-refractivity contribution in [3.8, 4) is 0 Å². The van der Waals surface area contributed by atoms with Crippen molar-refractivity contribution in [1.82, 2.24) is 0 Å². The summed E-state index contributed by atoms with van der Waals surface area (Å²) < 4.78 is 11.4. The van der Waals surface area contributed by atoms with Gasteiger partial charge < -0.3 is 9.47 Å². The maximum absolute atomic E-state index is 12.4. The average Bonchev–Trinajstić information content (AvgIpc) is 2.72. The van der Waals surface area contributed by atoms with Crippen LogP contribution in [0.3, 0.4) is 0 Å². The van der Waals surface area contributed by atoms with Crippen molar-refractivity contribution >= 4 is 11.9 Å². The zero-order valence-electron chi connectivity index (χ0n) is 18.8. The van der Waals surface area contributed by atoms with Gasteiger partial charge in [-0.1, -0.05) is 66.2 Å². The van der Waals surface area contributed by atoms with Crippen molar-refractivity contribution in [3.05, 3.63) is 0 Å². The Morgan fingerprint density at radius 1 is 0.750 bits per heavy atom. The lowest BCUT2D eigenvalue weighted by atomic mass is 9.80. The molecule has 0 aromatic carbocycles. The van der Waals surface area contributed by atoms with E-state index in [1.807, 2.05) is 0 Å². The Morgan fingerprint density at radius 2 is 1.14 bits per heavy atom. The summed E-state index contributed by atoms with van der Waals surface area (Å²) in [6.07, 6.45) is 12.4. The van der Waals surface area contributed by atoms with E-state index in [2.05, 4.69) is 27.7 Å². The van der Waals surface area contributed by atoms with Gasteiger partial charge in [0.15, 0.2) is 0 Å². The van der Waals surface area contributed by atoms with E-state index in [1.165, 1.54) is 12.8 Å². The normalized spacial score (nSPS) is 21.7. The molecule has 1 rings (SSSR count). The van der Waals surface area contributed by atoms with Crippen LogP contribution in [0.4, 0.5) is 0 Å². The van der Waals surface area contributed by atoms with Gasteiger partial charge in [-0.25, -0.2) is 0 Å². The van der Waals surface area contributed by atoms with Gasteiger partial charge in [0, 0.05) is 0 Å². The Hall–Kier alpha value is -1.06. The minimum atomic E-state index is -0.0390. The second-order valence-corrected chi connectivity index (χ2v) is 8.56. The van der Waals surface area contributed by atoms with Gasteiger partial charge in [0.05, 0.1) is 25.0 Å². The fourth-order valence-corrected chi connectivity index (χ4v) is 4.22. The molecule has 1 aliphatic rings. The van der Waals surface area contributed by atoms with E-state index < -0.39 is 0 Å². The Morgan fingerprint density at radius 3 is 1.46 bits per heavy atom. The van der Waals surface area contributed by atoms with Crippen LogP contribution in [0.1, 0.15) is 105 Å². The van der Waals surface area contributed by atoms with Gasteiger partial charge in [0.1, 0.15) is 0 Å². The van der Waals surface area contributed by atoms with Crippen molar-refractivity contribution < 1.29 is 19.1 Å². The molecule has 0 radical (unpaired) electrons. The van der Waals surface area contributed by atoms with E-state index in [1.54, 1.807) is 0 Å². The molecule has 1 aliphatic carbocycles. The highest BCUT2D eigenvalue weighted by atomic mass is 16.5. The number of hydrogen-bond acceptors (Lipinski definition) is 4. The first kappa shape index (κ1) is 25.0. The van der Waals surface area contributed by atoms with E-state index in [0.29, 0.717) is 25.0 Å². The van der Waals surface area contributed by atoms with Gasteiger partial charge >= 0.3 is 11.9 Å². The van der Waals surface area contributed by atoms with Crippen LogP contribution in [0.5, 0.6) is 0 Å². The third-order valence-corrected chi connectivity index (χ3v) is 6.41. The summed E-state index contributed by atoms with van der Waals surface area (Å²) in [6, 6.07) is 0. The van der Waals surface area contributed by atoms with Gasteiger partial charge in [-0.15, -0.1) is 0 Å². The largest absolute Gasteiger partial charge is 0.465 e. The first-order valence-corrected chi connectivity index (χ1v) is 11.9. The highest BCUT2D eigenvalue weighted by Gasteiger charge is 2.29. The molecule has 0 bridgehead atoms. The fourth-order valence-electron chi connectivity index (χ4n) is 4.22. The molecular weight excluding hydrogens is 352 g/mol. The summed E-state index contributed by atoms with van der Waals surface area (Å²) in [6.45, 7) is 9.39. The molecule has 4 atom stereocenters. The molecule has 1 saturated carbocycles. The Balaban J connectivity index is 2.48. The van der Waals surface area contributed by atoms with Crippen LogP contribution < -0.4 is 0 Å². The number of hydrogen-bond donors (Lipinski definition) is 0. The molecule has 28 heavy (non-hydrogen) atoms. The first-order valence-electron chi connectivity index (χ1n) is 11.9. The lowest BCUT2D eigenvalue weighted by Gasteiger charge is -2.31. The van der Waals surface area contributed by atoms with Crippen LogP contribution in [-0.4, -0.2) is 25.2 Å². The third kappa shape index (κ3) is 8.96. The topological polar surface area (TPSA) is 52.6 Å². The molecule has 4 unspecified atom stereocenters. The van der Waals surface area contributed by atoms with Crippen LogP contribution in [0.15, 0.2) is 0 Å². The molecule has 4 nitrogen and oxygen atoms in total.